The third kappa shape index (κ3) is 3.12. The van der Waals surface area contributed by atoms with E-state index in [2.05, 4.69) is 61.6 Å². The summed E-state index contributed by atoms with van der Waals surface area (Å²) in [5.41, 5.74) is 3.33. The van der Waals surface area contributed by atoms with Crippen LogP contribution in [0, 0.1) is 6.92 Å². The van der Waals surface area contributed by atoms with E-state index in [1.54, 1.807) is 11.8 Å². The van der Waals surface area contributed by atoms with Crippen molar-refractivity contribution >= 4 is 17.6 Å². The highest BCUT2D eigenvalue weighted by molar-refractivity contribution is 7.98. The summed E-state index contributed by atoms with van der Waals surface area (Å²) in [5.74, 6) is 1.76. The second-order valence-electron chi connectivity index (χ2n) is 4.57. The maximum Gasteiger partial charge on any atom is 0.161 e. The van der Waals surface area contributed by atoms with Gasteiger partial charge in [-0.2, -0.15) is 0 Å². The molecule has 0 spiro atoms. The minimum absolute atomic E-state index is 0.795. The topological polar surface area (TPSA) is 37.8 Å². The van der Waals surface area contributed by atoms with Gasteiger partial charge < -0.3 is 5.32 Å². The minimum Gasteiger partial charge on any atom is -0.370 e. The number of aryl methyl sites for hydroxylation is 1. The second kappa shape index (κ2) is 6.75. The Labute approximate surface area is 125 Å². The van der Waals surface area contributed by atoms with Crippen molar-refractivity contribution < 1.29 is 0 Å². The van der Waals surface area contributed by atoms with Crippen LogP contribution in [-0.4, -0.2) is 22.8 Å². The molecule has 0 saturated carbocycles. The van der Waals surface area contributed by atoms with Gasteiger partial charge in [0.15, 0.2) is 5.82 Å². The molecule has 1 N–H and O–H groups in total. The molecule has 0 aliphatic carbocycles. The van der Waals surface area contributed by atoms with E-state index in [-0.39, 0.29) is 0 Å². The average molecular weight is 287 g/mol. The van der Waals surface area contributed by atoms with Crippen LogP contribution in [-0.2, 0) is 6.42 Å². The molecule has 20 heavy (non-hydrogen) atoms. The van der Waals surface area contributed by atoms with Crippen LogP contribution in [0.25, 0.3) is 11.4 Å². The fourth-order valence-electron chi connectivity index (χ4n) is 2.20. The van der Waals surface area contributed by atoms with E-state index in [9.17, 15) is 0 Å². The van der Waals surface area contributed by atoms with Crippen molar-refractivity contribution in [2.45, 2.75) is 32.1 Å². The van der Waals surface area contributed by atoms with Gasteiger partial charge >= 0.3 is 0 Å². The molecule has 4 heteroatoms. The van der Waals surface area contributed by atoms with Crippen molar-refractivity contribution in [2.75, 3.05) is 18.1 Å². The van der Waals surface area contributed by atoms with Gasteiger partial charge in [0.1, 0.15) is 5.82 Å². The van der Waals surface area contributed by atoms with Crippen molar-refractivity contribution in [2.24, 2.45) is 0 Å². The van der Waals surface area contributed by atoms with Gasteiger partial charge in [-0.1, -0.05) is 19.1 Å². The Kier molecular flexibility index (Phi) is 5.01. The van der Waals surface area contributed by atoms with Crippen LogP contribution in [0.5, 0.6) is 0 Å². The molecule has 0 unspecified atom stereocenters. The molecule has 0 atom stereocenters. The summed E-state index contributed by atoms with van der Waals surface area (Å²) in [4.78, 5) is 10.6. The quantitative estimate of drug-likeness (QED) is 0.838. The summed E-state index contributed by atoms with van der Waals surface area (Å²) in [6.45, 7) is 7.15. The normalized spacial score (nSPS) is 10.6. The number of thioether (sulfide) groups is 1. The molecule has 1 aromatic carbocycles. The van der Waals surface area contributed by atoms with Crippen LogP contribution in [0.15, 0.2) is 29.2 Å². The standard InChI is InChI=1S/C16H21N3S/c1-5-14-11(3)18-15(19-16(14)17-6-2)12-7-9-13(20-4)10-8-12/h7-10H,5-6H2,1-4H3,(H,17,18,19). The molecule has 0 radical (unpaired) electrons. The molecule has 1 heterocycles. The molecule has 106 valence electrons. The molecule has 0 saturated heterocycles. The number of hydrogen-bond donors (Lipinski definition) is 1. The predicted octanol–water partition coefficient (Wildman–Crippen LogP) is 4.17. The summed E-state index contributed by atoms with van der Waals surface area (Å²) < 4.78 is 0. The second-order valence-corrected chi connectivity index (χ2v) is 5.45. The molecule has 2 aromatic rings. The summed E-state index contributed by atoms with van der Waals surface area (Å²) in [6.07, 6.45) is 3.02. The lowest BCUT2D eigenvalue weighted by atomic mass is 10.1. The molecule has 2 rings (SSSR count). The Morgan fingerprint density at radius 3 is 2.35 bits per heavy atom. The van der Waals surface area contributed by atoms with E-state index in [4.69, 9.17) is 4.98 Å². The van der Waals surface area contributed by atoms with Crippen molar-refractivity contribution in [1.82, 2.24) is 9.97 Å². The van der Waals surface area contributed by atoms with E-state index >= 15 is 0 Å². The molecule has 0 aliphatic rings. The van der Waals surface area contributed by atoms with E-state index in [1.165, 1.54) is 10.5 Å². The monoisotopic (exact) mass is 287 g/mol. The SMILES string of the molecule is CCNc1nc(-c2ccc(SC)cc2)nc(C)c1CC. The number of rotatable bonds is 5. The highest BCUT2D eigenvalue weighted by Gasteiger charge is 2.11. The first kappa shape index (κ1) is 14.9. The largest absolute Gasteiger partial charge is 0.370 e. The number of nitrogens with zero attached hydrogens (tertiary/aromatic N) is 2. The molecule has 1 aromatic heterocycles. The van der Waals surface area contributed by atoms with Gasteiger partial charge in [-0.25, -0.2) is 9.97 Å². The predicted molar refractivity (Wildman–Crippen MR) is 87.5 cm³/mol. The number of hydrogen-bond acceptors (Lipinski definition) is 4. The van der Waals surface area contributed by atoms with E-state index in [1.807, 2.05) is 0 Å². The van der Waals surface area contributed by atoms with Crippen molar-refractivity contribution in [3.63, 3.8) is 0 Å². The van der Waals surface area contributed by atoms with Crippen LogP contribution in [0.2, 0.25) is 0 Å². The summed E-state index contributed by atoms with van der Waals surface area (Å²) >= 11 is 1.74. The van der Waals surface area contributed by atoms with E-state index in [0.717, 1.165) is 35.9 Å². The molecule has 0 fully saturated rings. The van der Waals surface area contributed by atoms with Crippen molar-refractivity contribution in [3.8, 4) is 11.4 Å². The maximum atomic E-state index is 4.69. The Bertz CT molecular complexity index is 579. The maximum absolute atomic E-state index is 4.69. The first-order valence-corrected chi connectivity index (χ1v) is 8.17. The fraction of sp³-hybridized carbons (Fsp3) is 0.375. The summed E-state index contributed by atoms with van der Waals surface area (Å²) in [5, 5.41) is 3.35. The average Bonchev–Trinajstić information content (AvgIpc) is 2.47. The molecular weight excluding hydrogens is 266 g/mol. The lowest BCUT2D eigenvalue weighted by Gasteiger charge is -2.13. The summed E-state index contributed by atoms with van der Waals surface area (Å²) in [7, 11) is 0. The third-order valence-corrected chi connectivity index (χ3v) is 4.00. The van der Waals surface area contributed by atoms with Crippen LogP contribution < -0.4 is 5.32 Å². The third-order valence-electron chi connectivity index (χ3n) is 3.26. The van der Waals surface area contributed by atoms with Crippen LogP contribution in [0.3, 0.4) is 0 Å². The smallest absolute Gasteiger partial charge is 0.161 e. The van der Waals surface area contributed by atoms with Gasteiger partial charge in [-0.15, -0.1) is 11.8 Å². The van der Waals surface area contributed by atoms with Gasteiger partial charge in [0.2, 0.25) is 0 Å². The van der Waals surface area contributed by atoms with E-state index < -0.39 is 0 Å². The fourth-order valence-corrected chi connectivity index (χ4v) is 2.61. The highest BCUT2D eigenvalue weighted by Crippen LogP contribution is 2.24. The molecular formula is C16H21N3S. The highest BCUT2D eigenvalue weighted by atomic mass is 32.2. The lowest BCUT2D eigenvalue weighted by molar-refractivity contribution is 0.989. The first-order valence-electron chi connectivity index (χ1n) is 6.95. The number of benzene rings is 1. The van der Waals surface area contributed by atoms with Crippen molar-refractivity contribution in [3.05, 3.63) is 35.5 Å². The molecule has 0 bridgehead atoms. The van der Waals surface area contributed by atoms with Gasteiger partial charge in [-0.3, -0.25) is 0 Å². The Balaban J connectivity index is 2.45. The number of aromatic nitrogens is 2. The van der Waals surface area contributed by atoms with Crippen LogP contribution in [0.1, 0.15) is 25.1 Å². The van der Waals surface area contributed by atoms with Crippen molar-refractivity contribution in [1.29, 1.82) is 0 Å². The zero-order valence-corrected chi connectivity index (χ0v) is 13.3. The Morgan fingerprint density at radius 2 is 1.80 bits per heavy atom. The lowest BCUT2D eigenvalue weighted by Crippen LogP contribution is -2.07. The molecule has 3 nitrogen and oxygen atoms in total. The Hall–Kier alpha value is -1.55. The number of anilines is 1. The number of nitrogens with one attached hydrogen (secondary N) is 1. The van der Waals surface area contributed by atoms with Gasteiger partial charge in [0.05, 0.1) is 0 Å². The van der Waals surface area contributed by atoms with E-state index in [0.29, 0.717) is 0 Å². The van der Waals surface area contributed by atoms with Crippen LogP contribution >= 0.6 is 11.8 Å². The van der Waals surface area contributed by atoms with Gasteiger partial charge in [0, 0.05) is 28.3 Å². The molecule has 0 aliphatic heterocycles. The van der Waals surface area contributed by atoms with Gasteiger partial charge in [-0.05, 0) is 38.7 Å². The molecule has 0 amide bonds. The first-order chi connectivity index (χ1) is 9.69. The van der Waals surface area contributed by atoms with Gasteiger partial charge in [0.25, 0.3) is 0 Å². The zero-order valence-electron chi connectivity index (χ0n) is 12.5. The summed E-state index contributed by atoms with van der Waals surface area (Å²) in [6, 6.07) is 8.39. The minimum atomic E-state index is 0.795. The Morgan fingerprint density at radius 1 is 1.10 bits per heavy atom. The van der Waals surface area contributed by atoms with Crippen LogP contribution in [0.4, 0.5) is 5.82 Å². The zero-order chi connectivity index (χ0) is 14.5.